The van der Waals surface area contributed by atoms with Crippen LogP contribution in [0, 0.1) is 0 Å². The van der Waals surface area contributed by atoms with Crippen molar-refractivity contribution in [3.05, 3.63) is 64.5 Å². The van der Waals surface area contributed by atoms with E-state index in [1.807, 2.05) is 0 Å². The van der Waals surface area contributed by atoms with Crippen LogP contribution >= 0.6 is 15.9 Å². The third-order valence-corrected chi connectivity index (χ3v) is 3.00. The average molecular weight is 350 g/mol. The van der Waals surface area contributed by atoms with Crippen molar-refractivity contribution in [1.29, 1.82) is 0 Å². The van der Waals surface area contributed by atoms with Crippen molar-refractivity contribution in [2.75, 3.05) is 0 Å². The number of carbonyl (C=O) groups is 2. The Balaban J connectivity index is 2.05. The van der Waals surface area contributed by atoms with E-state index in [1.165, 1.54) is 12.2 Å². The lowest BCUT2D eigenvalue weighted by molar-refractivity contribution is -0.150. The molecule has 0 aliphatic carbocycles. The summed E-state index contributed by atoms with van der Waals surface area (Å²) in [5.74, 6) is -0.937. The highest BCUT2D eigenvalue weighted by molar-refractivity contribution is 9.10. The molecule has 0 bridgehead atoms. The van der Waals surface area contributed by atoms with E-state index < -0.39 is 18.0 Å². The highest BCUT2D eigenvalue weighted by Crippen LogP contribution is 2.18. The van der Waals surface area contributed by atoms with Gasteiger partial charge in [-0.05, 0) is 34.1 Å². The summed E-state index contributed by atoms with van der Waals surface area (Å²) in [5, 5.41) is 0. The molecular weight excluding hydrogens is 338 g/mol. The van der Waals surface area contributed by atoms with Gasteiger partial charge in [-0.15, -0.1) is 0 Å². The van der Waals surface area contributed by atoms with E-state index in [9.17, 15) is 9.59 Å². The Labute approximate surface area is 129 Å². The molecule has 0 fully saturated rings. The van der Waals surface area contributed by atoms with Gasteiger partial charge in [-0.3, -0.25) is 4.79 Å². The zero-order valence-electron chi connectivity index (χ0n) is 10.9. The predicted molar refractivity (Wildman–Crippen MR) is 79.9 cm³/mol. The summed E-state index contributed by atoms with van der Waals surface area (Å²) in [7, 11) is 0. The van der Waals surface area contributed by atoms with Crippen molar-refractivity contribution >= 4 is 33.9 Å². The zero-order valence-corrected chi connectivity index (χ0v) is 12.4. The van der Waals surface area contributed by atoms with Crippen molar-refractivity contribution < 1.29 is 18.7 Å². The molecule has 1 heterocycles. The number of furan rings is 1. The minimum atomic E-state index is -1.12. The number of benzene rings is 1. The second kappa shape index (κ2) is 6.90. The fourth-order valence-electron chi connectivity index (χ4n) is 1.64. The molecule has 5 nitrogen and oxygen atoms in total. The SMILES string of the molecule is NC(=O)C(OC(=O)/C=C/c1ccc(Br)o1)c1ccccc1. The molecule has 1 unspecified atom stereocenters. The molecule has 108 valence electrons. The molecule has 1 aromatic heterocycles. The second-order valence-corrected chi connectivity index (χ2v) is 4.89. The maximum absolute atomic E-state index is 11.7. The van der Waals surface area contributed by atoms with E-state index in [0.717, 1.165) is 0 Å². The summed E-state index contributed by atoms with van der Waals surface area (Å²) < 4.78 is 10.8. The predicted octanol–water partition coefficient (Wildman–Crippen LogP) is 2.83. The van der Waals surface area contributed by atoms with E-state index in [2.05, 4.69) is 15.9 Å². The number of rotatable bonds is 5. The van der Waals surface area contributed by atoms with Crippen LogP contribution in [0.5, 0.6) is 0 Å². The van der Waals surface area contributed by atoms with Crippen molar-refractivity contribution in [3.8, 4) is 0 Å². The van der Waals surface area contributed by atoms with Crippen molar-refractivity contribution in [1.82, 2.24) is 0 Å². The molecule has 6 heteroatoms. The molecule has 1 atom stereocenters. The number of ether oxygens (including phenoxy) is 1. The number of esters is 1. The fraction of sp³-hybridized carbons (Fsp3) is 0.0667. The fourth-order valence-corrected chi connectivity index (χ4v) is 1.96. The molecular formula is C15H12BrNO4. The molecule has 2 aromatic rings. The third kappa shape index (κ3) is 4.32. The number of primary amides is 1. The first-order valence-corrected chi connectivity index (χ1v) is 6.84. The van der Waals surface area contributed by atoms with Gasteiger partial charge in [0.25, 0.3) is 5.91 Å². The van der Waals surface area contributed by atoms with E-state index in [1.54, 1.807) is 42.5 Å². The van der Waals surface area contributed by atoms with Crippen LogP contribution in [-0.4, -0.2) is 11.9 Å². The number of hydrogen-bond donors (Lipinski definition) is 1. The normalized spacial score (nSPS) is 12.2. The lowest BCUT2D eigenvalue weighted by atomic mass is 10.1. The molecule has 0 spiro atoms. The van der Waals surface area contributed by atoms with Crippen molar-refractivity contribution in [2.24, 2.45) is 5.73 Å². The average Bonchev–Trinajstić information content (AvgIpc) is 2.89. The standard InChI is InChI=1S/C15H12BrNO4/c16-12-8-6-11(20-12)7-9-13(18)21-14(15(17)19)10-4-2-1-3-5-10/h1-9,14H,(H2,17,19)/b9-7+. The summed E-state index contributed by atoms with van der Waals surface area (Å²) in [6.07, 6.45) is 1.49. The summed E-state index contributed by atoms with van der Waals surface area (Å²) >= 11 is 3.15. The lowest BCUT2D eigenvalue weighted by Gasteiger charge is -2.13. The van der Waals surface area contributed by atoms with Gasteiger partial charge in [0, 0.05) is 11.6 Å². The summed E-state index contributed by atoms with van der Waals surface area (Å²) in [4.78, 5) is 23.2. The molecule has 0 saturated heterocycles. The number of halogens is 1. The lowest BCUT2D eigenvalue weighted by Crippen LogP contribution is -2.25. The Morgan fingerprint density at radius 1 is 1.19 bits per heavy atom. The van der Waals surface area contributed by atoms with Crippen LogP contribution in [0.3, 0.4) is 0 Å². The summed E-state index contributed by atoms with van der Waals surface area (Å²) in [6.45, 7) is 0. The maximum Gasteiger partial charge on any atom is 0.332 e. The van der Waals surface area contributed by atoms with Crippen LogP contribution in [-0.2, 0) is 14.3 Å². The quantitative estimate of drug-likeness (QED) is 0.664. The highest BCUT2D eigenvalue weighted by atomic mass is 79.9. The molecule has 2 rings (SSSR count). The Hall–Kier alpha value is -2.34. The number of nitrogens with two attached hydrogens (primary N) is 1. The van der Waals surface area contributed by atoms with Gasteiger partial charge in [0.05, 0.1) is 0 Å². The molecule has 0 aliphatic heterocycles. The Kier molecular flexibility index (Phi) is 4.94. The Morgan fingerprint density at radius 3 is 2.48 bits per heavy atom. The number of amides is 1. The highest BCUT2D eigenvalue weighted by Gasteiger charge is 2.21. The zero-order chi connectivity index (χ0) is 15.2. The number of hydrogen-bond acceptors (Lipinski definition) is 4. The van der Waals surface area contributed by atoms with Crippen molar-refractivity contribution in [3.63, 3.8) is 0 Å². The van der Waals surface area contributed by atoms with Crippen molar-refractivity contribution in [2.45, 2.75) is 6.10 Å². The first kappa shape index (κ1) is 15.1. The molecule has 0 aliphatic rings. The minimum absolute atomic E-state index is 0.481. The monoisotopic (exact) mass is 349 g/mol. The maximum atomic E-state index is 11.7. The van der Waals surface area contributed by atoms with Gasteiger partial charge >= 0.3 is 5.97 Å². The second-order valence-electron chi connectivity index (χ2n) is 4.11. The van der Waals surface area contributed by atoms with Crippen LogP contribution in [0.25, 0.3) is 6.08 Å². The molecule has 1 amide bonds. The smallest absolute Gasteiger partial charge is 0.332 e. The van der Waals surface area contributed by atoms with Gasteiger partial charge in [0.2, 0.25) is 6.10 Å². The largest absolute Gasteiger partial charge is 0.450 e. The van der Waals surface area contributed by atoms with Gasteiger partial charge < -0.3 is 14.9 Å². The van der Waals surface area contributed by atoms with E-state index in [-0.39, 0.29) is 0 Å². The first-order valence-electron chi connectivity index (χ1n) is 6.04. The van der Waals surface area contributed by atoms with Gasteiger partial charge in [0.15, 0.2) is 4.67 Å². The first-order chi connectivity index (χ1) is 10.1. The third-order valence-electron chi connectivity index (χ3n) is 2.57. The van der Waals surface area contributed by atoms with Crippen LogP contribution in [0.15, 0.2) is 57.6 Å². The molecule has 0 radical (unpaired) electrons. The van der Waals surface area contributed by atoms with Gasteiger partial charge in [0.1, 0.15) is 5.76 Å². The van der Waals surface area contributed by atoms with Crippen LogP contribution in [0.4, 0.5) is 0 Å². The molecule has 0 saturated carbocycles. The van der Waals surface area contributed by atoms with Gasteiger partial charge in [-0.1, -0.05) is 30.3 Å². The van der Waals surface area contributed by atoms with E-state index in [0.29, 0.717) is 16.0 Å². The number of carbonyl (C=O) groups excluding carboxylic acids is 2. The molecule has 1 aromatic carbocycles. The Bertz CT molecular complexity index is 663. The van der Waals surface area contributed by atoms with Crippen LogP contribution in [0.2, 0.25) is 0 Å². The summed E-state index contributed by atoms with van der Waals surface area (Å²) in [6, 6.07) is 12.0. The van der Waals surface area contributed by atoms with E-state index >= 15 is 0 Å². The molecule has 2 N–H and O–H groups in total. The van der Waals surface area contributed by atoms with Gasteiger partial charge in [-0.2, -0.15) is 0 Å². The summed E-state index contributed by atoms with van der Waals surface area (Å²) in [5.41, 5.74) is 5.78. The van der Waals surface area contributed by atoms with Crippen LogP contribution < -0.4 is 5.73 Å². The van der Waals surface area contributed by atoms with Crippen LogP contribution in [0.1, 0.15) is 17.4 Å². The topological polar surface area (TPSA) is 82.5 Å². The van der Waals surface area contributed by atoms with E-state index in [4.69, 9.17) is 14.9 Å². The molecule has 21 heavy (non-hydrogen) atoms. The minimum Gasteiger partial charge on any atom is -0.450 e. The van der Waals surface area contributed by atoms with Gasteiger partial charge in [-0.25, -0.2) is 4.79 Å². The Morgan fingerprint density at radius 2 is 1.90 bits per heavy atom.